The van der Waals surface area contributed by atoms with Gasteiger partial charge in [-0.05, 0) is 5.56 Å². The topological polar surface area (TPSA) is 58.6 Å². The summed E-state index contributed by atoms with van der Waals surface area (Å²) in [5.41, 5.74) is -2.78. The van der Waals surface area contributed by atoms with Crippen molar-refractivity contribution >= 4 is 5.97 Å². The maximum atomic E-state index is 12.8. The van der Waals surface area contributed by atoms with E-state index in [9.17, 15) is 18.0 Å². The Hall–Kier alpha value is -1.60. The van der Waals surface area contributed by atoms with E-state index >= 15 is 0 Å². The van der Waals surface area contributed by atoms with Crippen molar-refractivity contribution < 1.29 is 27.8 Å². The predicted molar refractivity (Wildman–Crippen MR) is 54.7 cm³/mol. The van der Waals surface area contributed by atoms with Crippen molar-refractivity contribution in [1.82, 2.24) is 5.32 Å². The number of carbonyl (C=O) groups is 1. The first-order chi connectivity index (χ1) is 8.37. The highest BCUT2D eigenvalue weighted by atomic mass is 19.4. The molecular weight excluding hydrogens is 251 g/mol. The highest BCUT2D eigenvalue weighted by Gasteiger charge is 2.66. The Balaban J connectivity index is 2.28. The number of nitrogens with one attached hydrogen (secondary N) is 1. The Morgan fingerprint density at radius 2 is 2.00 bits per heavy atom. The van der Waals surface area contributed by atoms with Crippen LogP contribution >= 0.6 is 0 Å². The van der Waals surface area contributed by atoms with Crippen LogP contribution in [0.5, 0.6) is 0 Å². The van der Waals surface area contributed by atoms with Crippen LogP contribution in [0.15, 0.2) is 30.3 Å². The lowest BCUT2D eigenvalue weighted by Gasteiger charge is -2.26. The number of aliphatic carboxylic acids is 1. The number of hydrogen-bond acceptors (Lipinski definition) is 3. The quantitative estimate of drug-likeness (QED) is 0.850. The molecular formula is C11H10F3NO3. The molecule has 2 atom stereocenters. The van der Waals surface area contributed by atoms with Crippen LogP contribution in [-0.4, -0.2) is 29.6 Å². The zero-order chi connectivity index (χ0) is 13.4. The van der Waals surface area contributed by atoms with Crippen LogP contribution in [0.3, 0.4) is 0 Å². The van der Waals surface area contributed by atoms with Crippen LogP contribution in [0.1, 0.15) is 11.6 Å². The lowest BCUT2D eigenvalue weighted by molar-refractivity contribution is -0.268. The number of carboxylic acids is 1. The van der Waals surface area contributed by atoms with Crippen molar-refractivity contribution in [3.63, 3.8) is 0 Å². The molecule has 0 saturated carbocycles. The molecule has 1 heterocycles. The van der Waals surface area contributed by atoms with Crippen molar-refractivity contribution in [1.29, 1.82) is 0 Å². The lowest BCUT2D eigenvalue weighted by Crippen LogP contribution is -2.60. The summed E-state index contributed by atoms with van der Waals surface area (Å²) in [4.78, 5) is 10.8. The van der Waals surface area contributed by atoms with Crippen LogP contribution in [0, 0.1) is 0 Å². The van der Waals surface area contributed by atoms with Crippen molar-refractivity contribution in [3.05, 3.63) is 35.9 Å². The molecule has 98 valence electrons. The second-order valence-corrected chi connectivity index (χ2v) is 3.90. The molecule has 0 aliphatic carbocycles. The van der Waals surface area contributed by atoms with Gasteiger partial charge in [0.2, 0.25) is 0 Å². The first kappa shape index (κ1) is 12.8. The molecule has 7 heteroatoms. The number of carboxylic acid groups (broad SMARTS) is 1. The van der Waals surface area contributed by atoms with E-state index in [0.29, 0.717) is 5.56 Å². The van der Waals surface area contributed by atoms with Crippen LogP contribution in [0.2, 0.25) is 0 Å². The van der Waals surface area contributed by atoms with Gasteiger partial charge in [0.25, 0.3) is 0 Å². The molecule has 0 spiro atoms. The van der Waals surface area contributed by atoms with E-state index in [4.69, 9.17) is 5.11 Å². The molecule has 4 nitrogen and oxygen atoms in total. The van der Waals surface area contributed by atoms with Crippen molar-refractivity contribution in [3.8, 4) is 0 Å². The Labute approximate surface area is 100 Å². The van der Waals surface area contributed by atoms with E-state index in [1.165, 1.54) is 0 Å². The van der Waals surface area contributed by atoms with E-state index in [1.54, 1.807) is 30.3 Å². The normalized spacial score (nSPS) is 28.3. The van der Waals surface area contributed by atoms with Crippen molar-refractivity contribution in [2.45, 2.75) is 17.9 Å². The van der Waals surface area contributed by atoms with Gasteiger partial charge in [0.05, 0.1) is 12.6 Å². The monoisotopic (exact) mass is 261 g/mol. The smallest absolute Gasteiger partial charge is 0.442 e. The Bertz CT molecular complexity index is 449. The van der Waals surface area contributed by atoms with Gasteiger partial charge in [-0.2, -0.15) is 13.2 Å². The summed E-state index contributed by atoms with van der Waals surface area (Å²) in [6.07, 6.45) is -5.03. The summed E-state index contributed by atoms with van der Waals surface area (Å²) in [5.74, 6) is -2.09. The minimum absolute atomic E-state index is 0.351. The summed E-state index contributed by atoms with van der Waals surface area (Å²) in [6.45, 7) is -0.351. The fraction of sp³-hybridized carbons (Fsp3) is 0.364. The van der Waals surface area contributed by atoms with Crippen LogP contribution in [0.25, 0.3) is 0 Å². The molecule has 1 aromatic carbocycles. The lowest BCUT2D eigenvalue weighted by atomic mass is 10.1. The third kappa shape index (κ3) is 1.95. The molecule has 0 aromatic heterocycles. The minimum atomic E-state index is -5.03. The average molecular weight is 261 g/mol. The van der Waals surface area contributed by atoms with Crippen LogP contribution < -0.4 is 5.32 Å². The van der Waals surface area contributed by atoms with Crippen molar-refractivity contribution in [2.75, 3.05) is 6.61 Å². The molecule has 1 aliphatic rings. The highest BCUT2D eigenvalue weighted by Crippen LogP contribution is 2.38. The summed E-state index contributed by atoms with van der Waals surface area (Å²) >= 11 is 0. The molecule has 0 bridgehead atoms. The second kappa shape index (κ2) is 4.25. The number of halogens is 3. The second-order valence-electron chi connectivity index (χ2n) is 3.90. The van der Waals surface area contributed by atoms with E-state index < -0.39 is 23.9 Å². The third-order valence-electron chi connectivity index (χ3n) is 2.75. The largest absolute Gasteiger partial charge is 0.478 e. The third-order valence-corrected chi connectivity index (χ3v) is 2.75. The molecule has 1 aromatic rings. The van der Waals surface area contributed by atoms with E-state index in [1.807, 2.05) is 5.32 Å². The first-order valence-corrected chi connectivity index (χ1v) is 5.13. The Kier molecular flexibility index (Phi) is 3.04. The zero-order valence-electron chi connectivity index (χ0n) is 9.07. The molecule has 2 N–H and O–H groups in total. The summed E-state index contributed by atoms with van der Waals surface area (Å²) in [5, 5.41) is 10.8. The number of alkyl halides is 3. The molecule has 2 rings (SSSR count). The van der Waals surface area contributed by atoms with Crippen molar-refractivity contribution in [2.24, 2.45) is 0 Å². The standard InChI is InChI=1S/C11H10F3NO3/c12-11(13,14)10(9(16)17)15-8(6-18-10)7-4-2-1-3-5-7/h1-5,8,15H,6H2,(H,16,17)/t8-,10?/m0/s1. The van der Waals surface area contributed by atoms with Gasteiger partial charge < -0.3 is 9.84 Å². The maximum Gasteiger partial charge on any atom is 0.442 e. The molecule has 1 saturated heterocycles. The SMILES string of the molecule is O=C(O)C1(C(F)(F)F)N[C@H](c2ccccc2)CO1. The average Bonchev–Trinajstić information content (AvgIpc) is 2.75. The molecule has 18 heavy (non-hydrogen) atoms. The predicted octanol–water partition coefficient (Wildman–Crippen LogP) is 1.69. The molecule has 0 amide bonds. The van der Waals surface area contributed by atoms with Gasteiger partial charge in [0, 0.05) is 0 Å². The van der Waals surface area contributed by atoms with Gasteiger partial charge in [-0.25, -0.2) is 4.79 Å². The van der Waals surface area contributed by atoms with E-state index in [-0.39, 0.29) is 6.61 Å². The fourth-order valence-corrected chi connectivity index (χ4v) is 1.81. The summed E-state index contributed by atoms with van der Waals surface area (Å²) in [6, 6.07) is 7.44. The van der Waals surface area contributed by atoms with Gasteiger partial charge in [-0.1, -0.05) is 30.3 Å². The number of benzene rings is 1. The molecule has 0 radical (unpaired) electrons. The van der Waals surface area contributed by atoms with E-state index in [2.05, 4.69) is 4.74 Å². The molecule has 1 aliphatic heterocycles. The van der Waals surface area contributed by atoms with Gasteiger partial charge >= 0.3 is 17.9 Å². The van der Waals surface area contributed by atoms with Gasteiger partial charge in [0.15, 0.2) is 0 Å². The first-order valence-electron chi connectivity index (χ1n) is 5.13. The number of hydrogen-bond donors (Lipinski definition) is 2. The highest BCUT2D eigenvalue weighted by molar-refractivity contribution is 5.78. The Morgan fingerprint density at radius 1 is 1.39 bits per heavy atom. The van der Waals surface area contributed by atoms with Gasteiger partial charge in [-0.15, -0.1) is 0 Å². The fourth-order valence-electron chi connectivity index (χ4n) is 1.81. The number of rotatable bonds is 2. The van der Waals surface area contributed by atoms with Crippen LogP contribution in [0.4, 0.5) is 13.2 Å². The molecule has 1 unspecified atom stereocenters. The minimum Gasteiger partial charge on any atom is -0.478 e. The molecule has 1 fully saturated rings. The van der Waals surface area contributed by atoms with Crippen LogP contribution in [-0.2, 0) is 9.53 Å². The maximum absolute atomic E-state index is 12.8. The Morgan fingerprint density at radius 3 is 2.44 bits per heavy atom. The van der Waals surface area contributed by atoms with Gasteiger partial charge in [-0.3, -0.25) is 5.32 Å². The summed E-state index contributed by atoms with van der Waals surface area (Å²) in [7, 11) is 0. The number of ether oxygens (including phenoxy) is 1. The summed E-state index contributed by atoms with van der Waals surface area (Å²) < 4.78 is 42.9. The van der Waals surface area contributed by atoms with Gasteiger partial charge in [0.1, 0.15) is 0 Å². The zero-order valence-corrected chi connectivity index (χ0v) is 9.07. The van der Waals surface area contributed by atoms with E-state index in [0.717, 1.165) is 0 Å².